The number of nitrogens with zero attached hydrogens (tertiary/aromatic N) is 1. The first-order valence-corrected chi connectivity index (χ1v) is 10.5. The Morgan fingerprint density at radius 3 is 2.53 bits per heavy atom. The van der Waals surface area contributed by atoms with E-state index in [1.807, 2.05) is 37.3 Å². The van der Waals surface area contributed by atoms with E-state index in [0.717, 1.165) is 39.4 Å². The number of aryl methyl sites for hydroxylation is 1. The summed E-state index contributed by atoms with van der Waals surface area (Å²) in [4.78, 5) is 13.5. The molecule has 0 amide bonds. The van der Waals surface area contributed by atoms with Gasteiger partial charge in [-0.1, -0.05) is 23.4 Å². The smallest absolute Gasteiger partial charge is 0.233 e. The van der Waals surface area contributed by atoms with E-state index in [1.54, 1.807) is 19.2 Å². The highest BCUT2D eigenvalue weighted by molar-refractivity contribution is 6.01. The second-order valence-electron chi connectivity index (χ2n) is 8.19. The van der Waals surface area contributed by atoms with Crippen LogP contribution in [0.25, 0.3) is 0 Å². The van der Waals surface area contributed by atoms with Crippen molar-refractivity contribution in [2.75, 3.05) is 19.5 Å². The van der Waals surface area contributed by atoms with Crippen molar-refractivity contribution in [2.45, 2.75) is 31.6 Å². The lowest BCUT2D eigenvalue weighted by Crippen LogP contribution is -2.29. The van der Waals surface area contributed by atoms with Gasteiger partial charge in [0.2, 0.25) is 5.88 Å². The Morgan fingerprint density at radius 1 is 1.06 bits per heavy atom. The first kappa shape index (κ1) is 20.2. The van der Waals surface area contributed by atoms with Gasteiger partial charge in [-0.3, -0.25) is 4.79 Å². The first-order valence-electron chi connectivity index (χ1n) is 10.5. The SMILES string of the molecule is COc1ccc([C@@H]2C3=C(C[C@@H](c4ccc(O)c(OC)c4)CC3=O)Nc3onc(C)c32)cc1. The molecule has 7 nitrogen and oxygen atoms in total. The number of methoxy groups -OCH3 is 2. The van der Waals surface area contributed by atoms with Gasteiger partial charge >= 0.3 is 0 Å². The summed E-state index contributed by atoms with van der Waals surface area (Å²) < 4.78 is 16.1. The van der Waals surface area contributed by atoms with E-state index in [2.05, 4.69) is 10.5 Å². The highest BCUT2D eigenvalue weighted by Gasteiger charge is 2.41. The van der Waals surface area contributed by atoms with Gasteiger partial charge in [-0.2, -0.15) is 0 Å². The van der Waals surface area contributed by atoms with Gasteiger partial charge in [-0.25, -0.2) is 0 Å². The van der Waals surface area contributed by atoms with Gasteiger partial charge in [0.05, 0.1) is 25.5 Å². The summed E-state index contributed by atoms with van der Waals surface area (Å²) in [6.45, 7) is 1.89. The standard InChI is InChI=1S/C25H24N2O5/c1-13-22-23(14-4-7-17(30-2)8-5-14)24-18(26-25(22)32-27-13)10-16(11-20(24)29)15-6-9-19(28)21(12-15)31-3/h4-9,12,16,23,26,28H,10-11H2,1-3H3/t16-,23+/m1/s1. The molecule has 2 atom stereocenters. The highest BCUT2D eigenvalue weighted by atomic mass is 16.5. The van der Waals surface area contributed by atoms with Crippen molar-refractivity contribution < 1.29 is 23.9 Å². The van der Waals surface area contributed by atoms with Crippen LogP contribution in [0.4, 0.5) is 5.88 Å². The highest BCUT2D eigenvalue weighted by Crippen LogP contribution is 2.49. The summed E-state index contributed by atoms with van der Waals surface area (Å²) in [6, 6.07) is 13.0. The number of aromatic nitrogens is 1. The fourth-order valence-electron chi connectivity index (χ4n) is 4.79. The zero-order valence-electron chi connectivity index (χ0n) is 18.1. The van der Waals surface area contributed by atoms with Gasteiger partial charge in [0.25, 0.3) is 0 Å². The van der Waals surface area contributed by atoms with Crippen LogP contribution >= 0.6 is 0 Å². The third-order valence-corrected chi connectivity index (χ3v) is 6.38. The normalized spacial score (nSPS) is 19.8. The number of anilines is 1. The minimum Gasteiger partial charge on any atom is -0.504 e. The number of phenolic OH excluding ortho intramolecular Hbond substituents is 1. The van der Waals surface area contributed by atoms with Crippen molar-refractivity contribution >= 4 is 11.7 Å². The maximum absolute atomic E-state index is 13.5. The summed E-state index contributed by atoms with van der Waals surface area (Å²) >= 11 is 0. The number of aromatic hydroxyl groups is 1. The number of hydrogen-bond acceptors (Lipinski definition) is 7. The summed E-state index contributed by atoms with van der Waals surface area (Å²) in [5.41, 5.74) is 5.20. The molecular weight excluding hydrogens is 408 g/mol. The van der Waals surface area contributed by atoms with Gasteiger partial charge < -0.3 is 24.4 Å². The van der Waals surface area contributed by atoms with E-state index in [4.69, 9.17) is 14.0 Å². The molecule has 0 spiro atoms. The molecule has 2 heterocycles. The van der Waals surface area contributed by atoms with Crippen molar-refractivity contribution in [1.29, 1.82) is 0 Å². The van der Waals surface area contributed by atoms with Crippen molar-refractivity contribution in [2.24, 2.45) is 0 Å². The number of ketones is 1. The molecule has 0 unspecified atom stereocenters. The number of hydrogen-bond donors (Lipinski definition) is 2. The minimum absolute atomic E-state index is 0.0367. The van der Waals surface area contributed by atoms with E-state index >= 15 is 0 Å². The Labute approximate surface area is 185 Å². The number of nitrogens with one attached hydrogen (secondary N) is 1. The molecular formula is C25H24N2O5. The Morgan fingerprint density at radius 2 is 1.81 bits per heavy atom. The molecule has 2 aromatic carbocycles. The lowest BCUT2D eigenvalue weighted by molar-refractivity contribution is -0.116. The first-order chi connectivity index (χ1) is 15.5. The third-order valence-electron chi connectivity index (χ3n) is 6.38. The Balaban J connectivity index is 1.58. The number of carbonyl (C=O) groups excluding carboxylic acids is 1. The van der Waals surface area contributed by atoms with Gasteiger partial charge in [0, 0.05) is 23.6 Å². The number of ether oxygens (including phenoxy) is 2. The minimum atomic E-state index is -0.249. The van der Waals surface area contributed by atoms with Gasteiger partial charge in [0.15, 0.2) is 17.3 Å². The topological polar surface area (TPSA) is 93.8 Å². The van der Waals surface area contributed by atoms with Gasteiger partial charge in [-0.15, -0.1) is 0 Å². The Kier molecular flexibility index (Phi) is 4.89. The van der Waals surface area contributed by atoms with E-state index in [-0.39, 0.29) is 23.4 Å². The molecule has 2 N–H and O–H groups in total. The molecule has 0 saturated carbocycles. The molecule has 0 fully saturated rings. The van der Waals surface area contributed by atoms with Crippen LogP contribution in [0.2, 0.25) is 0 Å². The molecule has 1 aliphatic heterocycles. The van der Waals surface area contributed by atoms with Crippen molar-refractivity contribution in [3.63, 3.8) is 0 Å². The van der Waals surface area contributed by atoms with Gasteiger partial charge in [0.1, 0.15) is 5.75 Å². The maximum atomic E-state index is 13.5. The van der Waals surface area contributed by atoms with Crippen molar-refractivity contribution in [3.05, 3.63) is 76.1 Å². The van der Waals surface area contributed by atoms with Crippen LogP contribution in [-0.2, 0) is 4.79 Å². The van der Waals surface area contributed by atoms with Gasteiger partial charge in [-0.05, 0) is 54.7 Å². The lowest BCUT2D eigenvalue weighted by Gasteiger charge is -2.34. The average Bonchev–Trinajstić information content (AvgIpc) is 3.18. The molecule has 0 radical (unpaired) electrons. The number of phenols is 1. The van der Waals surface area contributed by atoms with Crippen molar-refractivity contribution in [1.82, 2.24) is 5.16 Å². The van der Waals surface area contributed by atoms with Crippen molar-refractivity contribution in [3.8, 4) is 17.2 Å². The summed E-state index contributed by atoms with van der Waals surface area (Å²) in [7, 11) is 3.15. The monoisotopic (exact) mass is 432 g/mol. The summed E-state index contributed by atoms with van der Waals surface area (Å²) in [5.74, 6) is 1.62. The second-order valence-corrected chi connectivity index (χ2v) is 8.19. The number of benzene rings is 2. The molecule has 3 aromatic rings. The third kappa shape index (κ3) is 3.21. The Hall–Kier alpha value is -3.74. The van der Waals surface area contributed by atoms with Crippen LogP contribution in [0.3, 0.4) is 0 Å². The molecule has 0 saturated heterocycles. The molecule has 2 aliphatic rings. The quantitative estimate of drug-likeness (QED) is 0.619. The molecule has 5 rings (SSSR count). The predicted octanol–water partition coefficient (Wildman–Crippen LogP) is 4.66. The van der Waals surface area contributed by atoms with E-state index in [1.165, 1.54) is 7.11 Å². The number of carbonyl (C=O) groups is 1. The predicted molar refractivity (Wildman–Crippen MR) is 118 cm³/mol. The van der Waals surface area contributed by atoms with Crippen LogP contribution in [0.1, 0.15) is 47.1 Å². The summed E-state index contributed by atoms with van der Waals surface area (Å²) in [5, 5.41) is 17.4. The van der Waals surface area contributed by atoms with Crippen LogP contribution in [0.15, 0.2) is 58.3 Å². The zero-order chi connectivity index (χ0) is 22.4. The van der Waals surface area contributed by atoms with Crippen LogP contribution in [0, 0.1) is 6.92 Å². The Bertz CT molecular complexity index is 1230. The summed E-state index contributed by atoms with van der Waals surface area (Å²) in [6.07, 6.45) is 1.02. The second kappa shape index (κ2) is 7.75. The number of fused-ring (bicyclic) bond motifs is 1. The van der Waals surface area contributed by atoms with Crippen LogP contribution in [-0.4, -0.2) is 30.3 Å². The van der Waals surface area contributed by atoms with E-state index in [9.17, 15) is 9.90 Å². The maximum Gasteiger partial charge on any atom is 0.233 e. The number of rotatable bonds is 4. The molecule has 1 aromatic heterocycles. The van der Waals surface area contributed by atoms with Crippen LogP contribution < -0.4 is 14.8 Å². The number of allylic oxidation sites excluding steroid dienone is 2. The average molecular weight is 432 g/mol. The molecule has 164 valence electrons. The molecule has 1 aliphatic carbocycles. The fourth-order valence-corrected chi connectivity index (χ4v) is 4.79. The zero-order valence-corrected chi connectivity index (χ0v) is 18.1. The number of Topliss-reactive ketones (excluding diaryl/α,β-unsaturated/α-hetero) is 1. The van der Waals surface area contributed by atoms with Crippen LogP contribution in [0.5, 0.6) is 17.2 Å². The molecule has 32 heavy (non-hydrogen) atoms. The largest absolute Gasteiger partial charge is 0.504 e. The molecule has 0 bridgehead atoms. The lowest BCUT2D eigenvalue weighted by atomic mass is 9.72. The molecule has 7 heteroatoms. The fraction of sp³-hybridized carbons (Fsp3) is 0.280. The van der Waals surface area contributed by atoms with E-state index in [0.29, 0.717) is 24.5 Å². The van der Waals surface area contributed by atoms with E-state index < -0.39 is 0 Å².